The number of hydrogen-bond donors (Lipinski definition) is 0. The molecule has 0 saturated carbocycles. The van der Waals surface area contributed by atoms with Crippen molar-refractivity contribution in [1.82, 2.24) is 0 Å². The standard InChI is InChI=1S/C11H23O4P/c1-5-13-16(12,14-6-2)8-11-9(3)7-10(4)15-11/h9-11H,5-8H2,1-4H3/t9-,10?,11-/m1/s1. The van der Waals surface area contributed by atoms with Gasteiger partial charge in [0.15, 0.2) is 0 Å². The monoisotopic (exact) mass is 250 g/mol. The van der Waals surface area contributed by atoms with E-state index in [2.05, 4.69) is 6.92 Å². The van der Waals surface area contributed by atoms with E-state index in [1.807, 2.05) is 20.8 Å². The van der Waals surface area contributed by atoms with Gasteiger partial charge in [0.2, 0.25) is 0 Å². The van der Waals surface area contributed by atoms with Gasteiger partial charge in [-0.1, -0.05) is 6.92 Å². The first-order valence-corrected chi connectivity index (χ1v) is 7.77. The van der Waals surface area contributed by atoms with Gasteiger partial charge in [-0.2, -0.15) is 0 Å². The van der Waals surface area contributed by atoms with Gasteiger partial charge in [-0.05, 0) is 33.1 Å². The van der Waals surface area contributed by atoms with E-state index in [-0.39, 0.29) is 12.2 Å². The van der Waals surface area contributed by atoms with Crippen LogP contribution in [0, 0.1) is 5.92 Å². The zero-order chi connectivity index (χ0) is 12.2. The summed E-state index contributed by atoms with van der Waals surface area (Å²) in [6.45, 7) is 8.64. The Bertz CT molecular complexity index is 246. The molecule has 0 bridgehead atoms. The smallest absolute Gasteiger partial charge is 0.333 e. The van der Waals surface area contributed by atoms with Gasteiger partial charge in [0, 0.05) is 0 Å². The zero-order valence-electron chi connectivity index (χ0n) is 10.6. The Kier molecular flexibility index (Phi) is 5.45. The maximum atomic E-state index is 12.3. The molecule has 0 spiro atoms. The average molecular weight is 250 g/mol. The van der Waals surface area contributed by atoms with E-state index < -0.39 is 7.60 Å². The third-order valence-electron chi connectivity index (χ3n) is 2.80. The molecule has 1 unspecified atom stereocenters. The summed E-state index contributed by atoms with van der Waals surface area (Å²) >= 11 is 0. The molecular formula is C11H23O4P. The predicted molar refractivity (Wildman–Crippen MR) is 63.8 cm³/mol. The third kappa shape index (κ3) is 3.85. The molecule has 1 aliphatic rings. The average Bonchev–Trinajstić information content (AvgIpc) is 2.45. The lowest BCUT2D eigenvalue weighted by molar-refractivity contribution is 0.0547. The molecule has 0 aromatic rings. The summed E-state index contributed by atoms with van der Waals surface area (Å²) in [6.07, 6.45) is 1.64. The minimum absolute atomic E-state index is 0.000988. The fourth-order valence-corrected chi connectivity index (χ4v) is 4.10. The quantitative estimate of drug-likeness (QED) is 0.679. The Morgan fingerprint density at radius 1 is 1.25 bits per heavy atom. The molecule has 5 heteroatoms. The highest BCUT2D eigenvalue weighted by Crippen LogP contribution is 2.50. The highest BCUT2D eigenvalue weighted by Gasteiger charge is 2.37. The normalized spacial score (nSPS) is 30.9. The lowest BCUT2D eigenvalue weighted by atomic mass is 10.0. The first-order valence-electron chi connectivity index (χ1n) is 6.04. The second-order valence-corrected chi connectivity index (χ2v) is 6.43. The molecule has 16 heavy (non-hydrogen) atoms. The van der Waals surface area contributed by atoms with Crippen LogP contribution in [-0.4, -0.2) is 31.6 Å². The molecule has 0 aromatic carbocycles. The second-order valence-electron chi connectivity index (χ2n) is 4.33. The summed E-state index contributed by atoms with van der Waals surface area (Å²) in [6, 6.07) is 0. The SMILES string of the molecule is CCOP(=O)(C[C@H]1OC(C)C[C@H]1C)OCC. The molecule has 1 fully saturated rings. The van der Waals surface area contributed by atoms with Crippen molar-refractivity contribution >= 4 is 7.60 Å². The molecule has 1 heterocycles. The van der Waals surface area contributed by atoms with Crippen molar-refractivity contribution in [3.05, 3.63) is 0 Å². The summed E-state index contributed by atoms with van der Waals surface area (Å²) in [5, 5.41) is 0. The largest absolute Gasteiger partial charge is 0.374 e. The topological polar surface area (TPSA) is 44.8 Å². The Morgan fingerprint density at radius 3 is 2.19 bits per heavy atom. The number of ether oxygens (including phenoxy) is 1. The van der Waals surface area contributed by atoms with Crippen LogP contribution < -0.4 is 0 Å². The maximum absolute atomic E-state index is 12.3. The molecule has 0 aromatic heterocycles. The molecular weight excluding hydrogens is 227 g/mol. The molecule has 1 aliphatic heterocycles. The minimum Gasteiger partial charge on any atom is -0.374 e. The van der Waals surface area contributed by atoms with Crippen molar-refractivity contribution in [1.29, 1.82) is 0 Å². The highest BCUT2D eigenvalue weighted by molar-refractivity contribution is 7.53. The molecule has 1 saturated heterocycles. The fourth-order valence-electron chi connectivity index (χ4n) is 2.14. The summed E-state index contributed by atoms with van der Waals surface area (Å²) in [5.41, 5.74) is 0. The molecule has 1 rings (SSSR count). The van der Waals surface area contributed by atoms with Crippen molar-refractivity contribution in [3.8, 4) is 0 Å². The van der Waals surface area contributed by atoms with E-state index in [4.69, 9.17) is 13.8 Å². The van der Waals surface area contributed by atoms with Crippen LogP contribution in [0.3, 0.4) is 0 Å². The van der Waals surface area contributed by atoms with Gasteiger partial charge in [-0.25, -0.2) is 0 Å². The molecule has 96 valence electrons. The van der Waals surface area contributed by atoms with Crippen molar-refractivity contribution in [2.75, 3.05) is 19.4 Å². The second kappa shape index (κ2) is 6.15. The van der Waals surface area contributed by atoms with Crippen LogP contribution in [0.2, 0.25) is 0 Å². The molecule has 4 nitrogen and oxygen atoms in total. The highest BCUT2D eigenvalue weighted by atomic mass is 31.2. The van der Waals surface area contributed by atoms with Crippen LogP contribution in [-0.2, 0) is 18.3 Å². The minimum atomic E-state index is -2.96. The van der Waals surface area contributed by atoms with Gasteiger partial charge < -0.3 is 13.8 Å². The van der Waals surface area contributed by atoms with Crippen molar-refractivity contribution in [2.45, 2.75) is 46.3 Å². The molecule has 0 aliphatic carbocycles. The summed E-state index contributed by atoms with van der Waals surface area (Å²) in [4.78, 5) is 0. The van der Waals surface area contributed by atoms with Crippen LogP contribution in [0.4, 0.5) is 0 Å². The first kappa shape index (κ1) is 14.2. The molecule has 0 amide bonds. The number of hydrogen-bond acceptors (Lipinski definition) is 4. The zero-order valence-corrected chi connectivity index (χ0v) is 11.5. The van der Waals surface area contributed by atoms with Crippen LogP contribution in [0.25, 0.3) is 0 Å². The fraction of sp³-hybridized carbons (Fsp3) is 1.00. The third-order valence-corrected chi connectivity index (χ3v) is 4.91. The number of rotatable bonds is 6. The van der Waals surface area contributed by atoms with Gasteiger partial charge in [-0.15, -0.1) is 0 Å². The lowest BCUT2D eigenvalue weighted by Gasteiger charge is -2.22. The summed E-state index contributed by atoms with van der Waals surface area (Å²) < 4.78 is 28.6. The Labute approximate surface area is 98.2 Å². The molecule has 0 N–H and O–H groups in total. The predicted octanol–water partition coefficient (Wildman–Crippen LogP) is 3.07. The van der Waals surface area contributed by atoms with Gasteiger partial charge in [0.1, 0.15) is 0 Å². The van der Waals surface area contributed by atoms with E-state index in [1.165, 1.54) is 0 Å². The van der Waals surface area contributed by atoms with Crippen molar-refractivity contribution < 1.29 is 18.3 Å². The van der Waals surface area contributed by atoms with Gasteiger partial charge in [0.25, 0.3) is 0 Å². The van der Waals surface area contributed by atoms with Crippen molar-refractivity contribution in [3.63, 3.8) is 0 Å². The van der Waals surface area contributed by atoms with E-state index in [1.54, 1.807) is 0 Å². The van der Waals surface area contributed by atoms with Gasteiger partial charge in [0.05, 0.1) is 31.6 Å². The lowest BCUT2D eigenvalue weighted by Crippen LogP contribution is -2.20. The Balaban J connectivity index is 2.58. The van der Waals surface area contributed by atoms with Crippen LogP contribution in [0.1, 0.15) is 34.1 Å². The molecule has 0 radical (unpaired) electrons. The van der Waals surface area contributed by atoms with E-state index in [0.29, 0.717) is 25.3 Å². The van der Waals surface area contributed by atoms with E-state index in [9.17, 15) is 4.57 Å². The molecule has 3 atom stereocenters. The Morgan fingerprint density at radius 2 is 1.81 bits per heavy atom. The van der Waals surface area contributed by atoms with Crippen LogP contribution in [0.15, 0.2) is 0 Å². The van der Waals surface area contributed by atoms with Crippen LogP contribution >= 0.6 is 7.60 Å². The first-order chi connectivity index (χ1) is 7.50. The summed E-state index contributed by atoms with van der Waals surface area (Å²) in [5.74, 6) is 0.421. The summed E-state index contributed by atoms with van der Waals surface area (Å²) in [7, 11) is -2.96. The van der Waals surface area contributed by atoms with E-state index >= 15 is 0 Å². The van der Waals surface area contributed by atoms with Crippen molar-refractivity contribution in [2.24, 2.45) is 5.92 Å². The van der Waals surface area contributed by atoms with Crippen LogP contribution in [0.5, 0.6) is 0 Å². The van der Waals surface area contributed by atoms with Gasteiger partial charge >= 0.3 is 7.60 Å². The maximum Gasteiger partial charge on any atom is 0.333 e. The Hall–Kier alpha value is 0.110. The van der Waals surface area contributed by atoms with E-state index in [0.717, 1.165) is 6.42 Å². The van der Waals surface area contributed by atoms with Gasteiger partial charge in [-0.3, -0.25) is 4.57 Å².